The Labute approximate surface area is 184 Å². The lowest BCUT2D eigenvalue weighted by atomic mass is 10.1. The third-order valence-electron chi connectivity index (χ3n) is 4.34. The number of rotatable bonds is 7. The summed E-state index contributed by atoms with van der Waals surface area (Å²) in [7, 11) is 1.55. The lowest BCUT2D eigenvalue weighted by Crippen LogP contribution is -2.32. The van der Waals surface area contributed by atoms with Crippen molar-refractivity contribution in [3.05, 3.63) is 95.2 Å². The number of phenols is 2. The van der Waals surface area contributed by atoms with E-state index in [1.54, 1.807) is 61.7 Å². The monoisotopic (exact) mass is 431 g/mol. The SMILES string of the molecule is COc1ccc(/C=C(/NC(=O)c2ccccc2)C(=O)N/N=C\c2ccc(O)cc2O)cc1. The van der Waals surface area contributed by atoms with Gasteiger partial charge < -0.3 is 20.3 Å². The Morgan fingerprint density at radius 1 is 0.969 bits per heavy atom. The topological polar surface area (TPSA) is 120 Å². The van der Waals surface area contributed by atoms with Crippen LogP contribution < -0.4 is 15.5 Å². The smallest absolute Gasteiger partial charge is 0.287 e. The van der Waals surface area contributed by atoms with E-state index in [0.717, 1.165) is 6.07 Å². The molecule has 3 rings (SSSR count). The molecule has 0 aliphatic rings. The van der Waals surface area contributed by atoms with Crippen molar-refractivity contribution in [2.45, 2.75) is 0 Å². The molecular formula is C24H21N3O5. The van der Waals surface area contributed by atoms with Gasteiger partial charge in [-0.2, -0.15) is 5.10 Å². The fraction of sp³-hybridized carbons (Fsp3) is 0.0417. The van der Waals surface area contributed by atoms with Gasteiger partial charge in [-0.1, -0.05) is 30.3 Å². The Bertz CT molecular complexity index is 1160. The number of hydrogen-bond acceptors (Lipinski definition) is 6. The lowest BCUT2D eigenvalue weighted by molar-refractivity contribution is -0.117. The van der Waals surface area contributed by atoms with Crippen molar-refractivity contribution in [2.24, 2.45) is 5.10 Å². The van der Waals surface area contributed by atoms with E-state index in [9.17, 15) is 19.8 Å². The maximum atomic E-state index is 12.7. The number of amides is 2. The quantitative estimate of drug-likeness (QED) is 0.260. The highest BCUT2D eigenvalue weighted by Crippen LogP contribution is 2.20. The van der Waals surface area contributed by atoms with Crippen LogP contribution >= 0.6 is 0 Å². The Kier molecular flexibility index (Phi) is 7.21. The number of aromatic hydroxyl groups is 2. The molecule has 0 aliphatic carbocycles. The van der Waals surface area contributed by atoms with Crippen LogP contribution in [0.4, 0.5) is 0 Å². The molecule has 3 aromatic rings. The van der Waals surface area contributed by atoms with Gasteiger partial charge in [0.1, 0.15) is 22.9 Å². The molecule has 0 unspecified atom stereocenters. The molecule has 8 nitrogen and oxygen atoms in total. The first-order valence-corrected chi connectivity index (χ1v) is 9.54. The van der Waals surface area contributed by atoms with E-state index in [4.69, 9.17) is 4.74 Å². The molecule has 3 aromatic carbocycles. The van der Waals surface area contributed by atoms with Crippen molar-refractivity contribution >= 4 is 24.1 Å². The van der Waals surface area contributed by atoms with Gasteiger partial charge in [0.25, 0.3) is 11.8 Å². The number of benzene rings is 3. The molecular weight excluding hydrogens is 410 g/mol. The predicted octanol–water partition coefficient (Wildman–Crippen LogP) is 3.03. The third kappa shape index (κ3) is 5.96. The summed E-state index contributed by atoms with van der Waals surface area (Å²) in [6.45, 7) is 0. The molecule has 0 radical (unpaired) electrons. The van der Waals surface area contributed by atoms with E-state index in [1.165, 1.54) is 24.4 Å². The molecule has 0 aliphatic heterocycles. The summed E-state index contributed by atoms with van der Waals surface area (Å²) in [6.07, 6.45) is 2.72. The number of nitrogens with one attached hydrogen (secondary N) is 2. The number of ether oxygens (including phenoxy) is 1. The van der Waals surface area contributed by atoms with Crippen LogP contribution in [0.1, 0.15) is 21.5 Å². The molecule has 0 bridgehead atoms. The zero-order valence-electron chi connectivity index (χ0n) is 17.1. The highest BCUT2D eigenvalue weighted by molar-refractivity contribution is 6.05. The van der Waals surface area contributed by atoms with E-state index in [-0.39, 0.29) is 22.8 Å². The maximum Gasteiger partial charge on any atom is 0.287 e. The second kappa shape index (κ2) is 10.4. The Hall–Kier alpha value is -4.59. The highest BCUT2D eigenvalue weighted by atomic mass is 16.5. The molecule has 0 fully saturated rings. The van der Waals surface area contributed by atoms with E-state index in [1.807, 2.05) is 0 Å². The molecule has 0 saturated carbocycles. The zero-order chi connectivity index (χ0) is 22.9. The Morgan fingerprint density at radius 3 is 2.34 bits per heavy atom. The normalized spacial score (nSPS) is 11.2. The van der Waals surface area contributed by atoms with E-state index < -0.39 is 11.8 Å². The fourth-order valence-corrected chi connectivity index (χ4v) is 2.67. The van der Waals surface area contributed by atoms with Gasteiger partial charge in [-0.05, 0) is 48.0 Å². The first-order chi connectivity index (χ1) is 15.5. The molecule has 2 amide bonds. The van der Waals surface area contributed by atoms with Crippen LogP contribution in [0.5, 0.6) is 17.2 Å². The summed E-state index contributed by atoms with van der Waals surface area (Å²) in [6, 6.07) is 19.4. The van der Waals surface area contributed by atoms with Gasteiger partial charge in [-0.25, -0.2) is 5.43 Å². The molecule has 0 saturated heterocycles. The van der Waals surface area contributed by atoms with Crippen molar-refractivity contribution in [3.63, 3.8) is 0 Å². The average molecular weight is 431 g/mol. The van der Waals surface area contributed by atoms with Gasteiger partial charge in [0.05, 0.1) is 13.3 Å². The molecule has 0 atom stereocenters. The number of methoxy groups -OCH3 is 1. The molecule has 162 valence electrons. The Balaban J connectivity index is 1.81. The maximum absolute atomic E-state index is 12.7. The van der Waals surface area contributed by atoms with E-state index >= 15 is 0 Å². The lowest BCUT2D eigenvalue weighted by Gasteiger charge is -2.09. The molecule has 32 heavy (non-hydrogen) atoms. The molecule has 8 heteroatoms. The largest absolute Gasteiger partial charge is 0.508 e. The van der Waals surface area contributed by atoms with Crippen LogP contribution in [-0.2, 0) is 4.79 Å². The summed E-state index contributed by atoms with van der Waals surface area (Å²) in [5.74, 6) is -0.772. The van der Waals surface area contributed by atoms with Crippen molar-refractivity contribution in [1.82, 2.24) is 10.7 Å². The molecule has 0 spiro atoms. The Morgan fingerprint density at radius 2 is 1.69 bits per heavy atom. The summed E-state index contributed by atoms with van der Waals surface area (Å²) in [5, 5.41) is 25.6. The second-order valence-corrected chi connectivity index (χ2v) is 6.59. The average Bonchev–Trinajstić information content (AvgIpc) is 2.81. The van der Waals surface area contributed by atoms with Crippen molar-refractivity contribution in [1.29, 1.82) is 0 Å². The van der Waals surface area contributed by atoms with Crippen LogP contribution in [0.3, 0.4) is 0 Å². The number of carbonyl (C=O) groups excluding carboxylic acids is 2. The van der Waals surface area contributed by atoms with Gasteiger partial charge in [0.15, 0.2) is 0 Å². The summed E-state index contributed by atoms with van der Waals surface area (Å²) < 4.78 is 5.13. The fourth-order valence-electron chi connectivity index (χ4n) is 2.67. The molecule has 0 heterocycles. The third-order valence-corrected chi connectivity index (χ3v) is 4.34. The van der Waals surface area contributed by atoms with Gasteiger partial charge >= 0.3 is 0 Å². The molecule has 0 aromatic heterocycles. The highest BCUT2D eigenvalue weighted by Gasteiger charge is 2.14. The minimum Gasteiger partial charge on any atom is -0.508 e. The number of carbonyl (C=O) groups is 2. The van der Waals surface area contributed by atoms with Crippen LogP contribution in [0.25, 0.3) is 6.08 Å². The van der Waals surface area contributed by atoms with Crippen LogP contribution in [-0.4, -0.2) is 35.4 Å². The van der Waals surface area contributed by atoms with E-state index in [2.05, 4.69) is 15.8 Å². The summed E-state index contributed by atoms with van der Waals surface area (Å²) in [4.78, 5) is 25.3. The number of nitrogens with zero attached hydrogens (tertiary/aromatic N) is 1. The zero-order valence-corrected chi connectivity index (χ0v) is 17.1. The van der Waals surface area contributed by atoms with E-state index in [0.29, 0.717) is 16.9 Å². The number of phenolic OH excluding ortho intramolecular Hbond substituents is 2. The summed E-state index contributed by atoms with van der Waals surface area (Å²) >= 11 is 0. The van der Waals surface area contributed by atoms with Crippen molar-refractivity contribution < 1.29 is 24.5 Å². The molecule has 4 N–H and O–H groups in total. The minimum atomic E-state index is -0.667. The predicted molar refractivity (Wildman–Crippen MR) is 120 cm³/mol. The van der Waals surface area contributed by atoms with Crippen molar-refractivity contribution in [3.8, 4) is 17.2 Å². The first-order valence-electron chi connectivity index (χ1n) is 9.54. The van der Waals surface area contributed by atoms with Gasteiger partial charge in [-0.3, -0.25) is 9.59 Å². The van der Waals surface area contributed by atoms with Gasteiger partial charge in [0.2, 0.25) is 0 Å². The van der Waals surface area contributed by atoms with Gasteiger partial charge in [-0.15, -0.1) is 0 Å². The standard InChI is InChI=1S/C24H21N3O5/c1-32-20-11-7-16(8-12-20)13-21(26-23(30)17-5-3-2-4-6-17)24(31)27-25-15-18-9-10-19(28)14-22(18)29/h2-15,28-29H,1H3,(H,26,30)(H,27,31)/b21-13+,25-15-. The van der Waals surface area contributed by atoms with Crippen LogP contribution in [0.2, 0.25) is 0 Å². The van der Waals surface area contributed by atoms with Crippen LogP contribution in [0.15, 0.2) is 83.6 Å². The van der Waals surface area contributed by atoms with Crippen molar-refractivity contribution in [2.75, 3.05) is 7.11 Å². The second-order valence-electron chi connectivity index (χ2n) is 6.59. The number of hydrogen-bond donors (Lipinski definition) is 4. The summed E-state index contributed by atoms with van der Waals surface area (Å²) in [5.41, 5.74) is 3.62. The first kappa shape index (κ1) is 22.1. The number of hydrazone groups is 1. The van der Waals surface area contributed by atoms with Gasteiger partial charge in [0, 0.05) is 17.2 Å². The minimum absolute atomic E-state index is 0.0314. The van der Waals surface area contributed by atoms with Crippen LogP contribution in [0, 0.1) is 0 Å².